The molecule has 10 heteroatoms. The molecule has 0 spiro atoms. The van der Waals surface area contributed by atoms with E-state index in [1.54, 1.807) is 23.1 Å². The lowest BCUT2D eigenvalue weighted by molar-refractivity contribution is 0.600. The van der Waals surface area contributed by atoms with E-state index in [0.29, 0.717) is 20.4 Å². The Balaban J connectivity index is 1.65. The van der Waals surface area contributed by atoms with Crippen molar-refractivity contribution in [1.29, 1.82) is 0 Å². The zero-order valence-electron chi connectivity index (χ0n) is 14.3. The molecular formula is C18H14BrClF2N2O2S2. The monoisotopic (exact) mass is 506 g/mol. The fraction of sp³-hybridized carbons (Fsp3) is 0.278. The number of aliphatic imine (C=N–C) groups is 1. The van der Waals surface area contributed by atoms with E-state index in [9.17, 15) is 17.2 Å². The lowest BCUT2D eigenvalue weighted by Gasteiger charge is -2.27. The Morgan fingerprint density at radius 1 is 1.21 bits per heavy atom. The molecule has 4 nitrogen and oxygen atoms in total. The van der Waals surface area contributed by atoms with E-state index in [0.717, 1.165) is 5.56 Å². The number of sulfone groups is 1. The molecule has 28 heavy (non-hydrogen) atoms. The van der Waals surface area contributed by atoms with E-state index < -0.39 is 33.6 Å². The smallest absolute Gasteiger partial charge is 0.164 e. The van der Waals surface area contributed by atoms with Crippen molar-refractivity contribution in [3.05, 3.63) is 63.1 Å². The highest BCUT2D eigenvalue weighted by Crippen LogP contribution is 2.38. The van der Waals surface area contributed by atoms with Gasteiger partial charge in [-0.15, -0.1) is 0 Å². The van der Waals surface area contributed by atoms with Gasteiger partial charge in [0.2, 0.25) is 0 Å². The first-order valence-electron chi connectivity index (χ1n) is 8.33. The minimum absolute atomic E-state index is 0.0479. The zero-order chi connectivity index (χ0) is 20.1. The molecule has 2 aliphatic rings. The molecule has 0 aromatic heterocycles. The number of amidine groups is 1. The summed E-state index contributed by atoms with van der Waals surface area (Å²) < 4.78 is 52.6. The third-order valence-corrected chi connectivity index (χ3v) is 8.21. The van der Waals surface area contributed by atoms with Crippen LogP contribution in [-0.4, -0.2) is 37.2 Å². The van der Waals surface area contributed by atoms with Crippen LogP contribution in [0.2, 0.25) is 5.02 Å². The summed E-state index contributed by atoms with van der Waals surface area (Å²) in [7, 11) is -3.22. The highest BCUT2D eigenvalue weighted by atomic mass is 79.9. The summed E-state index contributed by atoms with van der Waals surface area (Å²) in [6.45, 7) is 0. The van der Waals surface area contributed by atoms with Crippen LogP contribution >= 0.6 is 39.3 Å². The van der Waals surface area contributed by atoms with Crippen molar-refractivity contribution in [2.24, 2.45) is 4.99 Å². The van der Waals surface area contributed by atoms with Crippen LogP contribution in [0.4, 0.5) is 14.5 Å². The number of hydrogen-bond acceptors (Lipinski definition) is 5. The lowest BCUT2D eigenvalue weighted by Crippen LogP contribution is -2.39. The van der Waals surface area contributed by atoms with Crippen molar-refractivity contribution in [3.8, 4) is 0 Å². The van der Waals surface area contributed by atoms with E-state index in [2.05, 4.69) is 20.9 Å². The number of halogens is 4. The predicted octanol–water partition coefficient (Wildman–Crippen LogP) is 4.66. The molecule has 2 atom stereocenters. The summed E-state index contributed by atoms with van der Waals surface area (Å²) in [5, 5.41) is 0.835. The molecule has 2 unspecified atom stereocenters. The van der Waals surface area contributed by atoms with Gasteiger partial charge in [-0.2, -0.15) is 0 Å². The van der Waals surface area contributed by atoms with Gasteiger partial charge in [0, 0.05) is 15.2 Å². The summed E-state index contributed by atoms with van der Waals surface area (Å²) >= 11 is 10.7. The van der Waals surface area contributed by atoms with Crippen molar-refractivity contribution in [3.63, 3.8) is 0 Å². The van der Waals surface area contributed by atoms with Crippen LogP contribution in [0.3, 0.4) is 0 Å². The van der Waals surface area contributed by atoms with E-state index in [1.165, 1.54) is 30.0 Å². The predicted molar refractivity (Wildman–Crippen MR) is 113 cm³/mol. The summed E-state index contributed by atoms with van der Waals surface area (Å²) in [6, 6.07) is 7.93. The molecule has 0 amide bonds. The Morgan fingerprint density at radius 2 is 2.00 bits per heavy atom. The van der Waals surface area contributed by atoms with E-state index in [-0.39, 0.29) is 17.2 Å². The Morgan fingerprint density at radius 3 is 2.71 bits per heavy atom. The van der Waals surface area contributed by atoms with Gasteiger partial charge in [0.1, 0.15) is 11.6 Å². The van der Waals surface area contributed by atoms with Crippen LogP contribution in [0.5, 0.6) is 0 Å². The molecule has 2 heterocycles. The molecule has 1 fully saturated rings. The minimum Gasteiger partial charge on any atom is -0.312 e. The number of anilines is 1. The van der Waals surface area contributed by atoms with Crippen molar-refractivity contribution < 1.29 is 17.2 Å². The Hall–Kier alpha value is -1.16. The molecule has 0 aliphatic carbocycles. The number of rotatable bonds is 3. The summed E-state index contributed by atoms with van der Waals surface area (Å²) in [4.78, 5) is 6.23. The third kappa shape index (κ3) is 3.94. The number of benzene rings is 2. The fourth-order valence-electron chi connectivity index (χ4n) is 3.37. The SMILES string of the molecule is O=S1(=O)CC2N=C(SCc3ccc(F)cc3Cl)N(c3ccc(Br)cc3F)C2C1. The second-order valence-corrected chi connectivity index (χ2v) is 11.0. The minimum atomic E-state index is -3.22. The molecular weight excluding hydrogens is 494 g/mol. The van der Waals surface area contributed by atoms with E-state index in [1.807, 2.05) is 0 Å². The summed E-state index contributed by atoms with van der Waals surface area (Å²) in [5.41, 5.74) is 1.00. The summed E-state index contributed by atoms with van der Waals surface area (Å²) in [5.74, 6) is -0.604. The van der Waals surface area contributed by atoms with Gasteiger partial charge in [0.05, 0.1) is 29.3 Å². The first-order chi connectivity index (χ1) is 13.2. The topological polar surface area (TPSA) is 49.7 Å². The Labute approximate surface area is 179 Å². The van der Waals surface area contributed by atoms with Crippen molar-refractivity contribution >= 4 is 60.0 Å². The van der Waals surface area contributed by atoms with Gasteiger partial charge in [-0.1, -0.05) is 45.4 Å². The second-order valence-electron chi connectivity index (χ2n) is 6.61. The summed E-state index contributed by atoms with van der Waals surface area (Å²) in [6.07, 6.45) is 0. The fourth-order valence-corrected chi connectivity index (χ4v) is 6.98. The van der Waals surface area contributed by atoms with Crippen LogP contribution in [0.1, 0.15) is 5.56 Å². The average molecular weight is 508 g/mol. The van der Waals surface area contributed by atoms with Gasteiger partial charge in [-0.25, -0.2) is 17.2 Å². The molecule has 0 N–H and O–H groups in total. The van der Waals surface area contributed by atoms with Crippen LogP contribution in [-0.2, 0) is 15.6 Å². The number of fused-ring (bicyclic) bond motifs is 1. The first-order valence-corrected chi connectivity index (χ1v) is 12.3. The number of hydrogen-bond donors (Lipinski definition) is 0. The largest absolute Gasteiger partial charge is 0.312 e. The molecule has 148 valence electrons. The first kappa shape index (κ1) is 20.1. The average Bonchev–Trinajstić information content (AvgIpc) is 3.06. The maximum absolute atomic E-state index is 14.6. The Kier molecular flexibility index (Phi) is 5.45. The van der Waals surface area contributed by atoms with Crippen LogP contribution in [0, 0.1) is 11.6 Å². The zero-order valence-corrected chi connectivity index (χ0v) is 18.3. The van der Waals surface area contributed by atoms with Crippen LogP contribution in [0.15, 0.2) is 45.9 Å². The van der Waals surface area contributed by atoms with E-state index >= 15 is 0 Å². The standard InChI is InChI=1S/C18H14BrClF2N2O2S2/c19-11-2-4-16(14(22)5-11)24-17-9-28(25,26)8-15(17)23-18(24)27-7-10-1-3-12(21)6-13(10)20/h1-6,15,17H,7-9H2. The van der Waals surface area contributed by atoms with Gasteiger partial charge in [-0.3, -0.25) is 4.99 Å². The van der Waals surface area contributed by atoms with Crippen LogP contribution < -0.4 is 4.90 Å². The van der Waals surface area contributed by atoms with Crippen LogP contribution in [0.25, 0.3) is 0 Å². The van der Waals surface area contributed by atoms with Gasteiger partial charge < -0.3 is 4.90 Å². The Bertz CT molecular complexity index is 1080. The van der Waals surface area contributed by atoms with Gasteiger partial charge in [0.25, 0.3) is 0 Å². The normalized spacial score (nSPS) is 23.0. The highest BCUT2D eigenvalue weighted by molar-refractivity contribution is 9.10. The molecule has 2 aromatic rings. The highest BCUT2D eigenvalue weighted by Gasteiger charge is 2.47. The second kappa shape index (κ2) is 7.59. The molecule has 4 rings (SSSR count). The number of nitrogens with zero attached hydrogens (tertiary/aromatic N) is 2. The number of thioether (sulfide) groups is 1. The van der Waals surface area contributed by atoms with Crippen molar-refractivity contribution in [1.82, 2.24) is 0 Å². The molecule has 2 aromatic carbocycles. The lowest BCUT2D eigenvalue weighted by atomic mass is 10.1. The maximum atomic E-state index is 14.6. The third-order valence-electron chi connectivity index (χ3n) is 4.65. The van der Waals surface area contributed by atoms with Gasteiger partial charge >= 0.3 is 0 Å². The molecule has 0 saturated carbocycles. The van der Waals surface area contributed by atoms with Gasteiger partial charge in [0.15, 0.2) is 15.0 Å². The van der Waals surface area contributed by atoms with E-state index in [4.69, 9.17) is 11.6 Å². The molecule has 2 aliphatic heterocycles. The quantitative estimate of drug-likeness (QED) is 0.607. The molecule has 1 saturated heterocycles. The molecule has 0 bridgehead atoms. The van der Waals surface area contributed by atoms with Crippen molar-refractivity contribution in [2.75, 3.05) is 16.4 Å². The van der Waals surface area contributed by atoms with Crippen molar-refractivity contribution in [2.45, 2.75) is 17.8 Å². The van der Waals surface area contributed by atoms with Gasteiger partial charge in [-0.05, 0) is 35.9 Å². The molecule has 0 radical (unpaired) electrons. The maximum Gasteiger partial charge on any atom is 0.164 e.